The van der Waals surface area contributed by atoms with Crippen molar-refractivity contribution in [3.8, 4) is 0 Å². The second-order valence-corrected chi connectivity index (χ2v) is 7.29. The highest BCUT2D eigenvalue weighted by atomic mass is 28.2. The van der Waals surface area contributed by atoms with E-state index in [9.17, 15) is 0 Å². The summed E-state index contributed by atoms with van der Waals surface area (Å²) in [6.45, 7) is 12.1. The van der Waals surface area contributed by atoms with Gasteiger partial charge in [-0.3, -0.25) is 0 Å². The molecule has 0 rings (SSSR count). The third-order valence-corrected chi connectivity index (χ3v) is 2.29. The third-order valence-electron chi connectivity index (χ3n) is 0.986. The molecule has 0 aliphatic heterocycles. The summed E-state index contributed by atoms with van der Waals surface area (Å²) >= 11 is 0. The lowest BCUT2D eigenvalue weighted by Crippen LogP contribution is -2.15. The predicted molar refractivity (Wildman–Crippen MR) is 49.0 cm³/mol. The second-order valence-electron chi connectivity index (χ2n) is 4.47. The fourth-order valence-corrected chi connectivity index (χ4v) is 1.80. The van der Waals surface area contributed by atoms with E-state index in [2.05, 4.69) is 34.6 Å². The van der Waals surface area contributed by atoms with Crippen LogP contribution in [0.1, 0.15) is 34.6 Å². The molecule has 0 aliphatic carbocycles. The van der Waals surface area contributed by atoms with E-state index in [1.165, 1.54) is 0 Å². The molecule has 0 fully saturated rings. The Morgan fingerprint density at radius 2 is 1.80 bits per heavy atom. The average molecular weight is 160 g/mol. The lowest BCUT2D eigenvalue weighted by atomic mass is 10.2. The minimum atomic E-state index is -0.293. The van der Waals surface area contributed by atoms with Gasteiger partial charge in [0.1, 0.15) is 0 Å². The molecule has 62 valence electrons. The summed E-state index contributed by atoms with van der Waals surface area (Å²) in [5.74, 6) is 0.690. The highest BCUT2D eigenvalue weighted by Crippen LogP contribution is 2.20. The molecule has 0 saturated carbocycles. The standard InChI is InChI=1S/C8H20OSi/c1-7(2)6-9-10-8(3,4)5/h7H,6,10H2,1-5H3. The quantitative estimate of drug-likeness (QED) is 0.574. The fourth-order valence-electron chi connectivity index (χ4n) is 0.601. The Hall–Kier alpha value is 0.177. The molecule has 0 spiro atoms. The van der Waals surface area contributed by atoms with Gasteiger partial charge in [0.05, 0.1) is 0 Å². The number of hydrogen-bond donors (Lipinski definition) is 0. The summed E-state index contributed by atoms with van der Waals surface area (Å²) in [6.07, 6.45) is 0. The molecule has 0 heterocycles. The van der Waals surface area contributed by atoms with E-state index >= 15 is 0 Å². The largest absolute Gasteiger partial charge is 0.423 e. The average Bonchev–Trinajstić information content (AvgIpc) is 1.59. The van der Waals surface area contributed by atoms with Crippen LogP contribution in [0.4, 0.5) is 0 Å². The van der Waals surface area contributed by atoms with Crippen LogP contribution in [0.25, 0.3) is 0 Å². The van der Waals surface area contributed by atoms with E-state index in [0.717, 1.165) is 6.61 Å². The van der Waals surface area contributed by atoms with E-state index in [4.69, 9.17) is 4.43 Å². The second kappa shape index (κ2) is 4.14. The zero-order chi connectivity index (χ0) is 8.20. The van der Waals surface area contributed by atoms with Crippen LogP contribution in [-0.4, -0.2) is 16.4 Å². The van der Waals surface area contributed by atoms with Gasteiger partial charge < -0.3 is 4.43 Å². The molecule has 0 atom stereocenters. The topological polar surface area (TPSA) is 9.23 Å². The molecule has 0 saturated heterocycles. The van der Waals surface area contributed by atoms with Crippen molar-refractivity contribution < 1.29 is 4.43 Å². The Kier molecular flexibility index (Phi) is 4.21. The molecule has 1 nitrogen and oxygen atoms in total. The van der Waals surface area contributed by atoms with Crippen molar-refractivity contribution in [2.75, 3.05) is 6.61 Å². The van der Waals surface area contributed by atoms with Crippen LogP contribution in [0.5, 0.6) is 0 Å². The Bertz CT molecular complexity index is 83.7. The summed E-state index contributed by atoms with van der Waals surface area (Å²) < 4.78 is 5.60. The van der Waals surface area contributed by atoms with Gasteiger partial charge in [0.2, 0.25) is 0 Å². The molecule has 0 unspecified atom stereocenters. The van der Waals surface area contributed by atoms with Crippen LogP contribution < -0.4 is 0 Å². The van der Waals surface area contributed by atoms with Crippen molar-refractivity contribution in [3.63, 3.8) is 0 Å². The fraction of sp³-hybridized carbons (Fsp3) is 1.00. The first-order valence-electron chi connectivity index (χ1n) is 3.99. The van der Waals surface area contributed by atoms with Gasteiger partial charge in [0.15, 0.2) is 9.76 Å². The summed E-state index contributed by atoms with van der Waals surface area (Å²) in [7, 11) is -0.293. The minimum Gasteiger partial charge on any atom is -0.423 e. The first-order valence-corrected chi connectivity index (χ1v) is 5.28. The highest BCUT2D eigenvalue weighted by Gasteiger charge is 2.11. The molecule has 0 radical (unpaired) electrons. The van der Waals surface area contributed by atoms with E-state index in [0.29, 0.717) is 11.0 Å². The molecule has 0 aromatic rings. The van der Waals surface area contributed by atoms with Crippen molar-refractivity contribution >= 4 is 9.76 Å². The van der Waals surface area contributed by atoms with Crippen LogP contribution in [0.3, 0.4) is 0 Å². The maximum Gasteiger partial charge on any atom is 0.166 e. The van der Waals surface area contributed by atoms with E-state index in [1.807, 2.05) is 0 Å². The third kappa shape index (κ3) is 8.18. The van der Waals surface area contributed by atoms with Crippen molar-refractivity contribution in [1.29, 1.82) is 0 Å². The van der Waals surface area contributed by atoms with Crippen LogP contribution in [0, 0.1) is 5.92 Å². The molecule has 2 heteroatoms. The van der Waals surface area contributed by atoms with Crippen LogP contribution in [0.15, 0.2) is 0 Å². The zero-order valence-electron chi connectivity index (χ0n) is 7.90. The van der Waals surface area contributed by atoms with Gasteiger partial charge in [0.25, 0.3) is 0 Å². The molecular formula is C8H20OSi. The number of hydrogen-bond acceptors (Lipinski definition) is 1. The summed E-state index contributed by atoms with van der Waals surface area (Å²) in [5.41, 5.74) is 0. The predicted octanol–water partition coefficient (Wildman–Crippen LogP) is 1.96. The van der Waals surface area contributed by atoms with Crippen LogP contribution in [0.2, 0.25) is 5.04 Å². The Labute approximate surface area is 67.1 Å². The summed E-state index contributed by atoms with van der Waals surface area (Å²) in [4.78, 5) is 0. The van der Waals surface area contributed by atoms with Gasteiger partial charge >= 0.3 is 0 Å². The monoisotopic (exact) mass is 160 g/mol. The van der Waals surface area contributed by atoms with E-state index < -0.39 is 0 Å². The van der Waals surface area contributed by atoms with Crippen LogP contribution >= 0.6 is 0 Å². The Morgan fingerprint density at radius 3 is 2.10 bits per heavy atom. The zero-order valence-corrected chi connectivity index (χ0v) is 9.31. The summed E-state index contributed by atoms with van der Waals surface area (Å²) in [6, 6.07) is 0. The Morgan fingerprint density at radius 1 is 1.30 bits per heavy atom. The van der Waals surface area contributed by atoms with Crippen molar-refractivity contribution in [2.24, 2.45) is 5.92 Å². The normalized spacial score (nSPS) is 13.8. The highest BCUT2D eigenvalue weighted by molar-refractivity contribution is 6.31. The van der Waals surface area contributed by atoms with Crippen molar-refractivity contribution in [3.05, 3.63) is 0 Å². The lowest BCUT2D eigenvalue weighted by molar-refractivity contribution is 0.274. The first-order chi connectivity index (χ1) is 4.42. The minimum absolute atomic E-state index is 0.293. The van der Waals surface area contributed by atoms with Gasteiger partial charge in [-0.15, -0.1) is 0 Å². The summed E-state index contributed by atoms with van der Waals surface area (Å²) in [5, 5.41) is 0.453. The first kappa shape index (κ1) is 10.2. The van der Waals surface area contributed by atoms with Crippen molar-refractivity contribution in [2.45, 2.75) is 39.7 Å². The van der Waals surface area contributed by atoms with Gasteiger partial charge in [-0.25, -0.2) is 0 Å². The lowest BCUT2D eigenvalue weighted by Gasteiger charge is -2.17. The smallest absolute Gasteiger partial charge is 0.166 e. The SMILES string of the molecule is CC(C)CO[SiH2]C(C)(C)C. The molecule has 0 aromatic heterocycles. The van der Waals surface area contributed by atoms with Gasteiger partial charge in [-0.1, -0.05) is 34.6 Å². The molecule has 10 heavy (non-hydrogen) atoms. The molecule has 0 aliphatic rings. The maximum atomic E-state index is 5.60. The van der Waals surface area contributed by atoms with Gasteiger partial charge in [-0.05, 0) is 11.0 Å². The van der Waals surface area contributed by atoms with Gasteiger partial charge in [-0.2, -0.15) is 0 Å². The molecule has 0 aromatic carbocycles. The van der Waals surface area contributed by atoms with Gasteiger partial charge in [0, 0.05) is 6.61 Å². The number of rotatable bonds is 3. The van der Waals surface area contributed by atoms with Crippen molar-refractivity contribution in [1.82, 2.24) is 0 Å². The Balaban J connectivity index is 3.21. The molecule has 0 bridgehead atoms. The van der Waals surface area contributed by atoms with E-state index in [-0.39, 0.29) is 9.76 Å². The van der Waals surface area contributed by atoms with Crippen LogP contribution in [-0.2, 0) is 4.43 Å². The molecular weight excluding hydrogens is 140 g/mol. The molecule has 0 N–H and O–H groups in total. The maximum absolute atomic E-state index is 5.60. The van der Waals surface area contributed by atoms with E-state index in [1.54, 1.807) is 0 Å². The molecule has 0 amide bonds.